The molecule has 0 radical (unpaired) electrons. The number of rotatable bonds is 4. The molecular formula is C25H20ClFN2O3S. The molecular weight excluding hydrogens is 463 g/mol. The number of carbonyl (C=O) groups excluding carboxylic acids is 2. The van der Waals surface area contributed by atoms with E-state index in [2.05, 4.69) is 0 Å². The molecule has 1 saturated heterocycles. The maximum absolute atomic E-state index is 14.0. The van der Waals surface area contributed by atoms with Gasteiger partial charge in [0.15, 0.2) is 4.87 Å². The molecule has 1 spiro atoms. The molecule has 2 aliphatic heterocycles. The van der Waals surface area contributed by atoms with Crippen molar-refractivity contribution in [2.75, 3.05) is 24.3 Å². The number of anilines is 1. The molecule has 2 heterocycles. The zero-order valence-corrected chi connectivity index (χ0v) is 19.3. The van der Waals surface area contributed by atoms with Crippen molar-refractivity contribution in [3.05, 3.63) is 94.3 Å². The topological polar surface area (TPSA) is 49.9 Å². The maximum Gasteiger partial charge on any atom is 0.268 e. The SMILES string of the molecule is COc1cccc(CN2C(=O)[C@@]3(SCCN3C(=O)c3cccc(F)c3)c3cc(Cl)ccc32)c1. The van der Waals surface area contributed by atoms with E-state index in [0.717, 1.165) is 5.56 Å². The molecule has 5 nitrogen and oxygen atoms in total. The third kappa shape index (κ3) is 3.56. The Balaban J connectivity index is 1.59. The van der Waals surface area contributed by atoms with E-state index in [-0.39, 0.29) is 17.4 Å². The molecule has 3 aromatic rings. The fraction of sp³-hybridized carbons (Fsp3) is 0.200. The molecule has 0 unspecified atom stereocenters. The van der Waals surface area contributed by atoms with Gasteiger partial charge in [0.25, 0.3) is 11.8 Å². The second-order valence-corrected chi connectivity index (χ2v) is 9.59. The number of thioether (sulfide) groups is 1. The predicted molar refractivity (Wildman–Crippen MR) is 127 cm³/mol. The summed E-state index contributed by atoms with van der Waals surface area (Å²) >= 11 is 7.74. The molecule has 33 heavy (non-hydrogen) atoms. The van der Waals surface area contributed by atoms with Gasteiger partial charge < -0.3 is 14.5 Å². The Kier molecular flexibility index (Phi) is 5.54. The summed E-state index contributed by atoms with van der Waals surface area (Å²) in [5.74, 6) is 0.175. The smallest absolute Gasteiger partial charge is 0.268 e. The summed E-state index contributed by atoms with van der Waals surface area (Å²) in [7, 11) is 1.59. The minimum Gasteiger partial charge on any atom is -0.497 e. The fourth-order valence-corrected chi connectivity index (χ4v) is 6.10. The third-order valence-electron chi connectivity index (χ3n) is 5.95. The van der Waals surface area contributed by atoms with Gasteiger partial charge in [0.2, 0.25) is 0 Å². The molecule has 0 N–H and O–H groups in total. The van der Waals surface area contributed by atoms with Gasteiger partial charge in [-0.05, 0) is 54.1 Å². The largest absolute Gasteiger partial charge is 0.497 e. The van der Waals surface area contributed by atoms with E-state index in [4.69, 9.17) is 16.3 Å². The summed E-state index contributed by atoms with van der Waals surface area (Å²) < 4.78 is 19.2. The maximum atomic E-state index is 14.0. The molecule has 2 aliphatic rings. The minimum absolute atomic E-state index is 0.208. The first-order valence-electron chi connectivity index (χ1n) is 10.4. The van der Waals surface area contributed by atoms with Gasteiger partial charge in [0.1, 0.15) is 11.6 Å². The van der Waals surface area contributed by atoms with Gasteiger partial charge in [-0.3, -0.25) is 9.59 Å². The van der Waals surface area contributed by atoms with E-state index in [0.29, 0.717) is 40.9 Å². The summed E-state index contributed by atoms with van der Waals surface area (Å²) in [6.07, 6.45) is 0. The number of halogens is 2. The number of ether oxygens (including phenoxy) is 1. The van der Waals surface area contributed by atoms with Gasteiger partial charge in [-0.15, -0.1) is 11.8 Å². The van der Waals surface area contributed by atoms with Gasteiger partial charge >= 0.3 is 0 Å². The number of methoxy groups -OCH3 is 1. The lowest BCUT2D eigenvalue weighted by atomic mass is 10.0. The van der Waals surface area contributed by atoms with E-state index < -0.39 is 10.7 Å². The lowest BCUT2D eigenvalue weighted by molar-refractivity contribution is -0.123. The van der Waals surface area contributed by atoms with Crippen molar-refractivity contribution in [2.24, 2.45) is 0 Å². The third-order valence-corrected chi connectivity index (χ3v) is 7.60. The van der Waals surface area contributed by atoms with Crippen LogP contribution in [-0.4, -0.2) is 36.1 Å². The Labute approximate surface area is 200 Å². The van der Waals surface area contributed by atoms with Crippen LogP contribution in [0.3, 0.4) is 0 Å². The van der Waals surface area contributed by atoms with Crippen LogP contribution in [0.5, 0.6) is 5.75 Å². The molecule has 1 fully saturated rings. The van der Waals surface area contributed by atoms with Gasteiger partial charge in [0.05, 0.1) is 19.3 Å². The average Bonchev–Trinajstić information content (AvgIpc) is 3.36. The van der Waals surface area contributed by atoms with Crippen molar-refractivity contribution in [1.29, 1.82) is 0 Å². The number of fused-ring (bicyclic) bond motifs is 2. The van der Waals surface area contributed by atoms with Crippen molar-refractivity contribution >= 4 is 40.9 Å². The summed E-state index contributed by atoms with van der Waals surface area (Å²) in [4.78, 5) is 29.5. The monoisotopic (exact) mass is 482 g/mol. The van der Waals surface area contributed by atoms with Crippen molar-refractivity contribution in [3.63, 3.8) is 0 Å². The summed E-state index contributed by atoms with van der Waals surface area (Å²) in [5.41, 5.74) is 2.49. The standard InChI is InChI=1S/C25H20ClFN2O3S/c1-32-20-7-2-4-16(12-20)15-28-22-9-8-18(26)14-21(22)25(24(28)31)29(10-11-33-25)23(30)17-5-3-6-19(27)13-17/h2-9,12-14H,10-11,15H2,1H3/t25-/m0/s1. The first-order chi connectivity index (χ1) is 15.9. The highest BCUT2D eigenvalue weighted by Gasteiger charge is 2.59. The van der Waals surface area contributed by atoms with E-state index in [9.17, 15) is 14.0 Å². The zero-order valence-electron chi connectivity index (χ0n) is 17.8. The van der Waals surface area contributed by atoms with Crippen LogP contribution in [0.4, 0.5) is 10.1 Å². The molecule has 0 bridgehead atoms. The molecule has 2 amide bonds. The highest BCUT2D eigenvalue weighted by Crippen LogP contribution is 2.55. The Morgan fingerprint density at radius 2 is 1.97 bits per heavy atom. The molecule has 0 saturated carbocycles. The highest BCUT2D eigenvalue weighted by molar-refractivity contribution is 8.01. The van der Waals surface area contributed by atoms with Gasteiger partial charge in [-0.25, -0.2) is 4.39 Å². The van der Waals surface area contributed by atoms with Gasteiger partial charge in [0, 0.05) is 28.4 Å². The molecule has 0 aromatic heterocycles. The number of amides is 2. The number of benzene rings is 3. The van der Waals surface area contributed by atoms with Crippen LogP contribution in [0.15, 0.2) is 66.7 Å². The first kappa shape index (κ1) is 21.8. The van der Waals surface area contributed by atoms with E-state index in [1.54, 1.807) is 35.1 Å². The Hall–Kier alpha value is -3.03. The van der Waals surface area contributed by atoms with E-state index in [1.807, 2.05) is 30.3 Å². The highest BCUT2D eigenvalue weighted by atomic mass is 35.5. The van der Waals surface area contributed by atoms with Crippen LogP contribution in [0.1, 0.15) is 21.5 Å². The van der Waals surface area contributed by atoms with Crippen LogP contribution in [0.2, 0.25) is 5.02 Å². The Morgan fingerprint density at radius 3 is 2.76 bits per heavy atom. The molecule has 0 aliphatic carbocycles. The number of nitrogens with zero attached hydrogens (tertiary/aromatic N) is 2. The molecule has 5 rings (SSSR count). The second-order valence-electron chi connectivity index (χ2n) is 7.86. The lowest BCUT2D eigenvalue weighted by Crippen LogP contribution is -2.50. The summed E-state index contributed by atoms with van der Waals surface area (Å²) in [5, 5.41) is 0.481. The average molecular weight is 483 g/mol. The minimum atomic E-state index is -1.25. The molecule has 1 atom stereocenters. The van der Waals surface area contributed by atoms with Gasteiger partial charge in [-0.1, -0.05) is 29.8 Å². The Morgan fingerprint density at radius 1 is 1.15 bits per heavy atom. The van der Waals surface area contributed by atoms with Crippen molar-refractivity contribution in [3.8, 4) is 5.75 Å². The normalized spacial score (nSPS) is 19.3. The number of carbonyl (C=O) groups is 2. The van der Waals surface area contributed by atoms with Crippen LogP contribution in [-0.2, 0) is 16.2 Å². The predicted octanol–water partition coefficient (Wildman–Crippen LogP) is 5.08. The molecule has 8 heteroatoms. The number of hydrogen-bond donors (Lipinski definition) is 0. The lowest BCUT2D eigenvalue weighted by Gasteiger charge is -2.33. The van der Waals surface area contributed by atoms with Crippen LogP contribution < -0.4 is 9.64 Å². The molecule has 3 aromatic carbocycles. The van der Waals surface area contributed by atoms with E-state index >= 15 is 0 Å². The molecule has 168 valence electrons. The summed E-state index contributed by atoms with van der Waals surface area (Å²) in [6, 6.07) is 18.4. The Bertz CT molecular complexity index is 1270. The van der Waals surface area contributed by atoms with Crippen LogP contribution in [0, 0.1) is 5.82 Å². The summed E-state index contributed by atoms with van der Waals surface area (Å²) in [6.45, 7) is 0.680. The van der Waals surface area contributed by atoms with Crippen molar-refractivity contribution in [2.45, 2.75) is 11.4 Å². The second kappa shape index (κ2) is 8.39. The van der Waals surface area contributed by atoms with Crippen molar-refractivity contribution < 1.29 is 18.7 Å². The van der Waals surface area contributed by atoms with Gasteiger partial charge in [-0.2, -0.15) is 0 Å². The number of hydrogen-bond acceptors (Lipinski definition) is 4. The fourth-order valence-electron chi connectivity index (χ4n) is 4.48. The first-order valence-corrected chi connectivity index (χ1v) is 11.8. The van der Waals surface area contributed by atoms with E-state index in [1.165, 1.54) is 30.0 Å². The van der Waals surface area contributed by atoms with Crippen LogP contribution >= 0.6 is 23.4 Å². The van der Waals surface area contributed by atoms with Crippen LogP contribution in [0.25, 0.3) is 0 Å². The zero-order chi connectivity index (χ0) is 23.2. The quantitative estimate of drug-likeness (QED) is 0.520. The van der Waals surface area contributed by atoms with Crippen molar-refractivity contribution in [1.82, 2.24) is 4.90 Å².